The minimum atomic E-state index is -0.348. The van der Waals surface area contributed by atoms with Crippen molar-refractivity contribution in [2.24, 2.45) is 0 Å². The van der Waals surface area contributed by atoms with Crippen LogP contribution in [0.25, 0.3) is 6.08 Å². The topological polar surface area (TPSA) is 76.3 Å². The van der Waals surface area contributed by atoms with E-state index in [4.69, 9.17) is 9.47 Å². The van der Waals surface area contributed by atoms with Crippen molar-refractivity contribution in [2.45, 2.75) is 52.6 Å². The van der Waals surface area contributed by atoms with Crippen LogP contribution in [0.1, 0.15) is 48.8 Å². The standard InChI is InChI=1S/C25H33N3O3/c1-17(7-8-21-9-11-24(31-6)12-10-21)27-25(29)23(15-26)14-22-13-18(2)28(20(22)4)19(3)16-30-5/h9-14,17,19H,7-8,16H2,1-6H3,(H,27,29)/b23-14+. The zero-order chi connectivity index (χ0) is 23.0. The lowest BCUT2D eigenvalue weighted by Crippen LogP contribution is -2.33. The largest absolute Gasteiger partial charge is 0.497 e. The van der Waals surface area contributed by atoms with E-state index in [1.807, 2.05) is 51.1 Å². The number of carbonyl (C=O) groups excluding carboxylic acids is 1. The lowest BCUT2D eigenvalue weighted by atomic mass is 10.1. The second kappa shape index (κ2) is 11.4. The molecular formula is C25H33N3O3. The fourth-order valence-corrected chi connectivity index (χ4v) is 3.80. The van der Waals surface area contributed by atoms with Crippen LogP contribution in [0, 0.1) is 25.2 Å². The summed E-state index contributed by atoms with van der Waals surface area (Å²) in [7, 11) is 3.32. The SMILES string of the molecule is COCC(C)n1c(C)cc(/C=C(\C#N)C(=O)NC(C)CCc2ccc(OC)cc2)c1C. The smallest absolute Gasteiger partial charge is 0.262 e. The average molecular weight is 424 g/mol. The maximum Gasteiger partial charge on any atom is 0.262 e. The molecule has 1 heterocycles. The van der Waals surface area contributed by atoms with Crippen molar-refractivity contribution in [1.82, 2.24) is 9.88 Å². The van der Waals surface area contributed by atoms with Crippen molar-refractivity contribution >= 4 is 12.0 Å². The monoisotopic (exact) mass is 423 g/mol. The number of rotatable bonds is 10. The van der Waals surface area contributed by atoms with Gasteiger partial charge in [-0.2, -0.15) is 5.26 Å². The number of amides is 1. The van der Waals surface area contributed by atoms with Crippen LogP contribution in [0.5, 0.6) is 5.75 Å². The summed E-state index contributed by atoms with van der Waals surface area (Å²) >= 11 is 0. The highest BCUT2D eigenvalue weighted by molar-refractivity contribution is 6.02. The van der Waals surface area contributed by atoms with E-state index in [2.05, 4.69) is 22.9 Å². The minimum Gasteiger partial charge on any atom is -0.497 e. The molecule has 0 spiro atoms. The van der Waals surface area contributed by atoms with Gasteiger partial charge in [-0.05, 0) is 75.9 Å². The summed E-state index contributed by atoms with van der Waals surface area (Å²) < 4.78 is 12.6. The molecule has 166 valence electrons. The molecule has 1 aromatic carbocycles. The molecule has 2 atom stereocenters. The van der Waals surface area contributed by atoms with E-state index in [-0.39, 0.29) is 23.6 Å². The molecule has 2 rings (SSSR count). The molecule has 31 heavy (non-hydrogen) atoms. The number of ether oxygens (including phenoxy) is 2. The van der Waals surface area contributed by atoms with Crippen LogP contribution in [0.3, 0.4) is 0 Å². The summed E-state index contributed by atoms with van der Waals surface area (Å²) in [4.78, 5) is 12.7. The Balaban J connectivity index is 2.04. The molecule has 0 fully saturated rings. The highest BCUT2D eigenvalue weighted by Gasteiger charge is 2.17. The molecule has 0 saturated heterocycles. The van der Waals surface area contributed by atoms with E-state index in [1.54, 1.807) is 20.3 Å². The third-order valence-corrected chi connectivity index (χ3v) is 5.44. The molecule has 1 N–H and O–H groups in total. The molecule has 2 aromatic rings. The van der Waals surface area contributed by atoms with Gasteiger partial charge in [0, 0.05) is 24.5 Å². The number of hydrogen-bond donors (Lipinski definition) is 1. The maximum absolute atomic E-state index is 12.7. The van der Waals surface area contributed by atoms with Crippen LogP contribution in [-0.2, 0) is 16.0 Å². The van der Waals surface area contributed by atoms with Crippen LogP contribution >= 0.6 is 0 Å². The van der Waals surface area contributed by atoms with Crippen LogP contribution in [0.2, 0.25) is 0 Å². The Labute approximate surface area is 185 Å². The van der Waals surface area contributed by atoms with E-state index in [9.17, 15) is 10.1 Å². The molecule has 6 nitrogen and oxygen atoms in total. The predicted molar refractivity (Wildman–Crippen MR) is 123 cm³/mol. The summed E-state index contributed by atoms with van der Waals surface area (Å²) in [6.45, 7) is 8.64. The van der Waals surface area contributed by atoms with Crippen LogP contribution in [-0.4, -0.2) is 37.3 Å². The highest BCUT2D eigenvalue weighted by Crippen LogP contribution is 2.23. The van der Waals surface area contributed by atoms with Gasteiger partial charge in [0.1, 0.15) is 17.4 Å². The van der Waals surface area contributed by atoms with Crippen molar-refractivity contribution in [3.8, 4) is 11.8 Å². The van der Waals surface area contributed by atoms with Gasteiger partial charge in [-0.3, -0.25) is 4.79 Å². The number of hydrogen-bond acceptors (Lipinski definition) is 4. The number of nitriles is 1. The second-order valence-electron chi connectivity index (χ2n) is 7.93. The molecule has 0 saturated carbocycles. The zero-order valence-electron chi connectivity index (χ0n) is 19.4. The summed E-state index contributed by atoms with van der Waals surface area (Å²) in [6, 6.07) is 12.1. The summed E-state index contributed by atoms with van der Waals surface area (Å²) in [5.74, 6) is 0.476. The Kier molecular flexibility index (Phi) is 8.89. The Morgan fingerprint density at radius 2 is 1.90 bits per heavy atom. The van der Waals surface area contributed by atoms with Gasteiger partial charge in [-0.1, -0.05) is 12.1 Å². The Bertz CT molecular complexity index is 952. The molecule has 0 aliphatic rings. The van der Waals surface area contributed by atoms with Gasteiger partial charge in [0.2, 0.25) is 0 Å². The van der Waals surface area contributed by atoms with Gasteiger partial charge in [-0.25, -0.2) is 0 Å². The number of carbonyl (C=O) groups is 1. The quantitative estimate of drug-likeness (QED) is 0.455. The van der Waals surface area contributed by atoms with E-state index in [0.29, 0.717) is 6.61 Å². The molecule has 0 aliphatic carbocycles. The van der Waals surface area contributed by atoms with Crippen molar-refractivity contribution in [1.29, 1.82) is 5.26 Å². The second-order valence-corrected chi connectivity index (χ2v) is 7.93. The van der Waals surface area contributed by atoms with Gasteiger partial charge in [0.15, 0.2) is 0 Å². The van der Waals surface area contributed by atoms with Gasteiger partial charge in [-0.15, -0.1) is 0 Å². The molecule has 1 aromatic heterocycles. The number of methoxy groups -OCH3 is 2. The van der Waals surface area contributed by atoms with Gasteiger partial charge >= 0.3 is 0 Å². The first-order valence-corrected chi connectivity index (χ1v) is 10.5. The number of benzene rings is 1. The fraction of sp³-hybridized carbons (Fsp3) is 0.440. The maximum atomic E-state index is 12.7. The van der Waals surface area contributed by atoms with E-state index in [1.165, 1.54) is 5.56 Å². The molecule has 1 amide bonds. The first-order chi connectivity index (χ1) is 14.8. The average Bonchev–Trinajstić information content (AvgIpc) is 3.03. The van der Waals surface area contributed by atoms with Gasteiger partial charge in [0.25, 0.3) is 5.91 Å². The number of aryl methyl sites for hydroxylation is 2. The van der Waals surface area contributed by atoms with Crippen molar-refractivity contribution in [3.63, 3.8) is 0 Å². The fourth-order valence-electron chi connectivity index (χ4n) is 3.80. The summed E-state index contributed by atoms with van der Waals surface area (Å²) in [5, 5.41) is 12.5. The van der Waals surface area contributed by atoms with Crippen molar-refractivity contribution in [3.05, 3.63) is 58.4 Å². The third-order valence-electron chi connectivity index (χ3n) is 5.44. The molecule has 0 aliphatic heterocycles. The third kappa shape index (κ3) is 6.47. The molecule has 2 unspecified atom stereocenters. The van der Waals surface area contributed by atoms with Crippen LogP contribution in [0.4, 0.5) is 0 Å². The number of nitrogens with zero attached hydrogens (tertiary/aromatic N) is 2. The van der Waals surface area contributed by atoms with Crippen LogP contribution < -0.4 is 10.1 Å². The predicted octanol–water partition coefficient (Wildman–Crippen LogP) is 4.37. The van der Waals surface area contributed by atoms with Crippen LogP contribution in [0.15, 0.2) is 35.9 Å². The lowest BCUT2D eigenvalue weighted by molar-refractivity contribution is -0.117. The van der Waals surface area contributed by atoms with Gasteiger partial charge < -0.3 is 19.4 Å². The number of aromatic nitrogens is 1. The first-order valence-electron chi connectivity index (χ1n) is 10.5. The Morgan fingerprint density at radius 1 is 1.23 bits per heavy atom. The summed E-state index contributed by atoms with van der Waals surface area (Å²) in [6.07, 6.45) is 3.28. The van der Waals surface area contributed by atoms with Crippen molar-refractivity contribution in [2.75, 3.05) is 20.8 Å². The molecule has 6 heteroatoms. The van der Waals surface area contributed by atoms with E-state index >= 15 is 0 Å². The first kappa shape index (κ1) is 24.2. The summed E-state index contributed by atoms with van der Waals surface area (Å²) in [5.41, 5.74) is 4.23. The molecular weight excluding hydrogens is 390 g/mol. The van der Waals surface area contributed by atoms with Gasteiger partial charge in [0.05, 0.1) is 19.8 Å². The van der Waals surface area contributed by atoms with Crippen molar-refractivity contribution < 1.29 is 14.3 Å². The molecule has 0 radical (unpaired) electrons. The lowest BCUT2D eigenvalue weighted by Gasteiger charge is -2.17. The Morgan fingerprint density at radius 3 is 2.48 bits per heavy atom. The number of nitrogens with one attached hydrogen (secondary N) is 1. The zero-order valence-corrected chi connectivity index (χ0v) is 19.4. The minimum absolute atomic E-state index is 0.0551. The van der Waals surface area contributed by atoms with E-state index in [0.717, 1.165) is 35.5 Å². The van der Waals surface area contributed by atoms with E-state index < -0.39 is 0 Å². The Hall–Kier alpha value is -3.04. The highest BCUT2D eigenvalue weighted by atomic mass is 16.5. The normalized spacial score (nSPS) is 13.4. The molecule has 0 bridgehead atoms.